The number of nitrogen functional groups attached to an aromatic ring is 1. The third-order valence-corrected chi connectivity index (χ3v) is 5.77. The molecular formula is C28H32N6. The number of hydrogen-bond donors (Lipinski definition) is 2. The Morgan fingerprint density at radius 2 is 1.79 bits per heavy atom. The van der Waals surface area contributed by atoms with Gasteiger partial charge in [0.15, 0.2) is 0 Å². The maximum Gasteiger partial charge on any atom is 0.104 e. The number of pyridine rings is 1. The SMILES string of the molecule is C=C(C)/C(=C\N(C)C)N(C(=C)C)c1c(C)cnc2cc(N)c(-c3ccc4nc(C)[nH]c4c3)cc12. The monoisotopic (exact) mass is 452 g/mol. The summed E-state index contributed by atoms with van der Waals surface area (Å²) in [6.45, 7) is 16.6. The summed E-state index contributed by atoms with van der Waals surface area (Å²) < 4.78 is 0. The lowest BCUT2D eigenvalue weighted by molar-refractivity contribution is 0.557. The minimum atomic E-state index is 0.677. The van der Waals surface area contributed by atoms with Gasteiger partial charge in [0.25, 0.3) is 0 Å². The first-order chi connectivity index (χ1) is 16.1. The predicted molar refractivity (Wildman–Crippen MR) is 145 cm³/mol. The number of nitrogens with one attached hydrogen (secondary N) is 1. The van der Waals surface area contributed by atoms with Crippen LogP contribution in [0.5, 0.6) is 0 Å². The van der Waals surface area contributed by atoms with E-state index >= 15 is 0 Å². The van der Waals surface area contributed by atoms with E-state index < -0.39 is 0 Å². The number of anilines is 2. The van der Waals surface area contributed by atoms with E-state index in [1.807, 2.05) is 58.1 Å². The van der Waals surface area contributed by atoms with Gasteiger partial charge in [-0.2, -0.15) is 0 Å². The van der Waals surface area contributed by atoms with Crippen LogP contribution in [0.25, 0.3) is 33.1 Å². The number of nitrogens with two attached hydrogens (primary N) is 1. The average molecular weight is 453 g/mol. The van der Waals surface area contributed by atoms with E-state index in [-0.39, 0.29) is 0 Å². The van der Waals surface area contributed by atoms with Crippen molar-refractivity contribution in [2.45, 2.75) is 27.7 Å². The van der Waals surface area contributed by atoms with E-state index in [0.717, 1.165) is 67.1 Å². The van der Waals surface area contributed by atoms with E-state index in [1.54, 1.807) is 0 Å². The Kier molecular flexibility index (Phi) is 5.92. The van der Waals surface area contributed by atoms with Crippen molar-refractivity contribution >= 4 is 33.3 Å². The number of hydrogen-bond acceptors (Lipinski definition) is 5. The molecule has 0 aliphatic rings. The van der Waals surface area contributed by atoms with Crippen LogP contribution in [0.2, 0.25) is 0 Å². The zero-order chi connectivity index (χ0) is 24.7. The van der Waals surface area contributed by atoms with Gasteiger partial charge in [0.2, 0.25) is 0 Å². The summed E-state index contributed by atoms with van der Waals surface area (Å²) in [5, 5.41) is 0.999. The molecule has 174 valence electrons. The lowest BCUT2D eigenvalue weighted by Crippen LogP contribution is -2.24. The van der Waals surface area contributed by atoms with Gasteiger partial charge in [0, 0.05) is 48.8 Å². The lowest BCUT2D eigenvalue weighted by Gasteiger charge is -2.31. The summed E-state index contributed by atoms with van der Waals surface area (Å²) >= 11 is 0. The van der Waals surface area contributed by atoms with E-state index in [0.29, 0.717) is 5.69 Å². The highest BCUT2D eigenvalue weighted by atomic mass is 15.2. The molecule has 4 rings (SSSR count). The van der Waals surface area contributed by atoms with E-state index in [1.165, 1.54) is 0 Å². The first-order valence-electron chi connectivity index (χ1n) is 11.2. The molecule has 0 radical (unpaired) electrons. The van der Waals surface area contributed by atoms with Gasteiger partial charge >= 0.3 is 0 Å². The van der Waals surface area contributed by atoms with Crippen LogP contribution >= 0.6 is 0 Å². The van der Waals surface area contributed by atoms with Crippen molar-refractivity contribution in [2.75, 3.05) is 24.7 Å². The minimum absolute atomic E-state index is 0.677. The maximum absolute atomic E-state index is 6.54. The topological polar surface area (TPSA) is 74.1 Å². The third-order valence-electron chi connectivity index (χ3n) is 5.77. The fourth-order valence-electron chi connectivity index (χ4n) is 4.31. The average Bonchev–Trinajstić information content (AvgIpc) is 3.13. The van der Waals surface area contributed by atoms with Crippen LogP contribution in [0.4, 0.5) is 11.4 Å². The Balaban J connectivity index is 2.01. The number of fused-ring (bicyclic) bond motifs is 2. The van der Waals surface area contributed by atoms with Gasteiger partial charge in [-0.3, -0.25) is 4.98 Å². The molecule has 4 aromatic rings. The zero-order valence-corrected chi connectivity index (χ0v) is 20.8. The number of rotatable bonds is 6. The molecule has 6 heteroatoms. The van der Waals surface area contributed by atoms with E-state index in [9.17, 15) is 0 Å². The summed E-state index contributed by atoms with van der Waals surface area (Å²) in [6.07, 6.45) is 3.95. The smallest absolute Gasteiger partial charge is 0.104 e. The second-order valence-electron chi connectivity index (χ2n) is 9.13. The van der Waals surface area contributed by atoms with Crippen molar-refractivity contribution < 1.29 is 0 Å². The summed E-state index contributed by atoms with van der Waals surface area (Å²) in [5.41, 5.74) is 16.8. The van der Waals surface area contributed by atoms with Crippen LogP contribution in [0, 0.1) is 13.8 Å². The lowest BCUT2D eigenvalue weighted by atomic mass is 9.98. The van der Waals surface area contributed by atoms with Crippen LogP contribution in [-0.4, -0.2) is 33.9 Å². The van der Waals surface area contributed by atoms with Crippen LogP contribution in [-0.2, 0) is 0 Å². The van der Waals surface area contributed by atoms with Gasteiger partial charge in [-0.1, -0.05) is 19.2 Å². The maximum atomic E-state index is 6.54. The Labute approximate surface area is 201 Å². The number of aromatic nitrogens is 3. The number of imidazole rings is 1. The largest absolute Gasteiger partial charge is 0.398 e. The Morgan fingerprint density at radius 3 is 2.44 bits per heavy atom. The Bertz CT molecular complexity index is 1470. The molecule has 0 saturated heterocycles. The fourth-order valence-corrected chi connectivity index (χ4v) is 4.31. The van der Waals surface area contributed by atoms with Gasteiger partial charge in [-0.25, -0.2) is 4.98 Å². The van der Waals surface area contributed by atoms with Gasteiger partial charge in [-0.15, -0.1) is 0 Å². The summed E-state index contributed by atoms with van der Waals surface area (Å²) in [4.78, 5) is 16.7. The third kappa shape index (κ3) is 4.15. The fraction of sp³-hybridized carbons (Fsp3) is 0.214. The molecule has 0 bridgehead atoms. The standard InChI is InChI=1S/C28H32N6/c1-16(2)27(15-33(7)8)34(17(3)4)28-18(5)14-30-25-13-23(29)21(12-22(25)28)20-9-10-24-26(11-20)32-19(6)31-24/h9-15H,1,3,29H2,2,4-8H3,(H,31,32)/b27-15+. The van der Waals surface area contributed by atoms with Crippen molar-refractivity contribution in [1.29, 1.82) is 0 Å². The van der Waals surface area contributed by atoms with E-state index in [4.69, 9.17) is 10.7 Å². The predicted octanol–water partition coefficient (Wildman–Crippen LogP) is 6.30. The quantitative estimate of drug-likeness (QED) is 0.265. The van der Waals surface area contributed by atoms with Crippen LogP contribution in [0.15, 0.2) is 72.9 Å². The highest BCUT2D eigenvalue weighted by Gasteiger charge is 2.21. The normalized spacial score (nSPS) is 11.8. The highest BCUT2D eigenvalue weighted by molar-refractivity contribution is 6.01. The molecule has 0 atom stereocenters. The Hall–Kier alpha value is -4.06. The second kappa shape index (κ2) is 8.71. The van der Waals surface area contributed by atoms with Crippen molar-refractivity contribution in [1.82, 2.24) is 19.9 Å². The van der Waals surface area contributed by atoms with Crippen molar-refractivity contribution in [3.63, 3.8) is 0 Å². The molecular weight excluding hydrogens is 420 g/mol. The number of aromatic amines is 1. The molecule has 6 nitrogen and oxygen atoms in total. The molecule has 0 fully saturated rings. The van der Waals surface area contributed by atoms with Crippen molar-refractivity contribution in [2.24, 2.45) is 0 Å². The summed E-state index contributed by atoms with van der Waals surface area (Å²) in [5.74, 6) is 0.887. The molecule has 0 unspecified atom stereocenters. The first kappa shape index (κ1) is 23.1. The molecule has 0 amide bonds. The van der Waals surface area contributed by atoms with Crippen molar-refractivity contribution in [3.05, 3.63) is 84.2 Å². The van der Waals surface area contributed by atoms with Gasteiger partial charge in [0.05, 0.1) is 27.9 Å². The molecule has 2 heterocycles. The first-order valence-corrected chi connectivity index (χ1v) is 11.2. The zero-order valence-electron chi connectivity index (χ0n) is 20.8. The number of H-pyrrole nitrogens is 1. The van der Waals surface area contributed by atoms with Gasteiger partial charge < -0.3 is 20.5 Å². The Morgan fingerprint density at radius 1 is 1.06 bits per heavy atom. The summed E-state index contributed by atoms with van der Waals surface area (Å²) in [6, 6.07) is 10.3. The summed E-state index contributed by atoms with van der Waals surface area (Å²) in [7, 11) is 4.01. The molecule has 34 heavy (non-hydrogen) atoms. The van der Waals surface area contributed by atoms with Gasteiger partial charge in [0.1, 0.15) is 5.82 Å². The number of nitrogens with zero attached hydrogens (tertiary/aromatic N) is 4. The number of allylic oxidation sites excluding steroid dienone is 2. The molecule has 2 aromatic carbocycles. The number of aryl methyl sites for hydroxylation is 2. The van der Waals surface area contributed by atoms with Gasteiger partial charge in [-0.05, 0) is 68.7 Å². The highest BCUT2D eigenvalue weighted by Crippen LogP contribution is 2.40. The van der Waals surface area contributed by atoms with Crippen LogP contribution in [0.3, 0.4) is 0 Å². The molecule has 0 aliphatic carbocycles. The molecule has 2 aromatic heterocycles. The van der Waals surface area contributed by atoms with Crippen molar-refractivity contribution in [3.8, 4) is 11.1 Å². The number of benzene rings is 2. The second-order valence-corrected chi connectivity index (χ2v) is 9.13. The molecule has 0 aliphatic heterocycles. The van der Waals surface area contributed by atoms with Crippen LogP contribution in [0.1, 0.15) is 25.2 Å². The van der Waals surface area contributed by atoms with Crippen LogP contribution < -0.4 is 10.6 Å². The molecule has 0 spiro atoms. The minimum Gasteiger partial charge on any atom is -0.398 e. The van der Waals surface area contributed by atoms with E-state index in [2.05, 4.69) is 59.3 Å². The molecule has 0 saturated carbocycles. The molecule has 3 N–H and O–H groups in total.